The van der Waals surface area contributed by atoms with E-state index in [4.69, 9.17) is 9.72 Å². The lowest BCUT2D eigenvalue weighted by atomic mass is 9.65. The van der Waals surface area contributed by atoms with E-state index in [0.717, 1.165) is 61.3 Å². The van der Waals surface area contributed by atoms with Crippen LogP contribution in [0.4, 0.5) is 0 Å². The van der Waals surface area contributed by atoms with Crippen molar-refractivity contribution in [3.8, 4) is 28.1 Å². The smallest absolute Gasteiger partial charge is 0.131 e. The van der Waals surface area contributed by atoms with Crippen LogP contribution in [-0.4, -0.2) is 9.97 Å². The van der Waals surface area contributed by atoms with Gasteiger partial charge in [0.1, 0.15) is 11.5 Å². The average Bonchev–Trinajstić information content (AvgIpc) is 3.42. The van der Waals surface area contributed by atoms with Crippen LogP contribution in [0.3, 0.4) is 0 Å². The van der Waals surface area contributed by atoms with E-state index in [2.05, 4.69) is 145 Å². The van der Waals surface area contributed by atoms with Gasteiger partial charge in [-0.1, -0.05) is 140 Å². The van der Waals surface area contributed by atoms with Crippen molar-refractivity contribution >= 4 is 21.8 Å². The molecule has 0 saturated carbocycles. The van der Waals surface area contributed by atoms with E-state index < -0.39 is 5.41 Å². The lowest BCUT2D eigenvalue weighted by Gasteiger charge is -2.40. The largest absolute Gasteiger partial charge is 0.461 e. The highest BCUT2D eigenvalue weighted by Gasteiger charge is 2.51. The van der Waals surface area contributed by atoms with Crippen molar-refractivity contribution in [2.75, 3.05) is 0 Å². The van der Waals surface area contributed by atoms with Gasteiger partial charge in [0.15, 0.2) is 0 Å². The van der Waals surface area contributed by atoms with Gasteiger partial charge in [0, 0.05) is 40.1 Å². The Morgan fingerprint density at radius 2 is 1.30 bits per heavy atom. The molecule has 1 spiro atoms. The van der Waals surface area contributed by atoms with Crippen LogP contribution in [0.25, 0.3) is 44.2 Å². The molecule has 47 heavy (non-hydrogen) atoms. The fraction of sp³-hybridized carbons (Fsp3) is 0.0455. The first-order chi connectivity index (χ1) is 23.3. The van der Waals surface area contributed by atoms with E-state index in [0.29, 0.717) is 6.42 Å². The average molecular weight is 603 g/mol. The zero-order valence-corrected chi connectivity index (χ0v) is 25.7. The van der Waals surface area contributed by atoms with Gasteiger partial charge in [-0.3, -0.25) is 4.98 Å². The summed E-state index contributed by atoms with van der Waals surface area (Å²) in [6.45, 7) is 4.02. The molecule has 2 aromatic heterocycles. The number of para-hydroxylation sites is 1. The normalized spacial score (nSPS) is 14.3. The third-order valence-corrected chi connectivity index (χ3v) is 9.63. The van der Waals surface area contributed by atoms with Gasteiger partial charge in [-0.05, 0) is 46.0 Å². The molecular formula is C44H30N2O. The first kappa shape index (κ1) is 27.3. The Bertz CT molecular complexity index is 2390. The SMILES string of the molecule is C=C/C=C\C1=C(Cc2ccc(-c3ccc4ccc5cccnc5c4n3)cc2)Oc2ccccc2C12c1ccccc1-c1ccccc12. The zero-order chi connectivity index (χ0) is 31.4. The van der Waals surface area contributed by atoms with Crippen LogP contribution in [0.1, 0.15) is 22.3 Å². The van der Waals surface area contributed by atoms with Gasteiger partial charge >= 0.3 is 0 Å². The third-order valence-electron chi connectivity index (χ3n) is 9.63. The fourth-order valence-electron chi connectivity index (χ4n) is 7.60. The summed E-state index contributed by atoms with van der Waals surface area (Å²) in [5.74, 6) is 1.82. The van der Waals surface area contributed by atoms with Crippen molar-refractivity contribution in [2.45, 2.75) is 11.8 Å². The number of rotatable bonds is 5. The zero-order valence-electron chi connectivity index (χ0n) is 25.7. The van der Waals surface area contributed by atoms with E-state index in [1.54, 1.807) is 0 Å². The van der Waals surface area contributed by atoms with Gasteiger partial charge in [-0.2, -0.15) is 0 Å². The maximum atomic E-state index is 6.84. The number of hydrogen-bond donors (Lipinski definition) is 0. The van der Waals surface area contributed by atoms with Gasteiger partial charge in [0.2, 0.25) is 0 Å². The summed E-state index contributed by atoms with van der Waals surface area (Å²) in [5.41, 5.74) is 11.9. The molecule has 1 aliphatic carbocycles. The Morgan fingerprint density at radius 3 is 2.04 bits per heavy atom. The lowest BCUT2D eigenvalue weighted by molar-refractivity contribution is 0.374. The van der Waals surface area contributed by atoms with Gasteiger partial charge < -0.3 is 4.74 Å². The van der Waals surface area contributed by atoms with Crippen LogP contribution < -0.4 is 4.74 Å². The maximum absolute atomic E-state index is 6.84. The number of pyridine rings is 2. The molecule has 7 aromatic rings. The molecule has 9 rings (SSSR count). The van der Waals surface area contributed by atoms with E-state index in [1.807, 2.05) is 24.4 Å². The molecule has 0 atom stereocenters. The topological polar surface area (TPSA) is 35.0 Å². The monoisotopic (exact) mass is 602 g/mol. The van der Waals surface area contributed by atoms with Crippen LogP contribution in [0.2, 0.25) is 0 Å². The molecule has 0 unspecified atom stereocenters. The molecular weight excluding hydrogens is 572 g/mol. The number of ether oxygens (including phenoxy) is 1. The number of aromatic nitrogens is 2. The highest BCUT2D eigenvalue weighted by molar-refractivity contribution is 6.03. The molecule has 0 bridgehead atoms. The Balaban J connectivity index is 1.17. The summed E-state index contributed by atoms with van der Waals surface area (Å²) < 4.78 is 6.84. The molecule has 1 aliphatic heterocycles. The Labute approximate surface area is 273 Å². The first-order valence-corrected chi connectivity index (χ1v) is 16.0. The predicted octanol–water partition coefficient (Wildman–Crippen LogP) is 10.4. The minimum Gasteiger partial charge on any atom is -0.461 e. The number of benzene rings is 5. The maximum Gasteiger partial charge on any atom is 0.131 e. The van der Waals surface area contributed by atoms with E-state index in [-0.39, 0.29) is 0 Å². The van der Waals surface area contributed by atoms with E-state index in [1.165, 1.54) is 22.3 Å². The molecule has 0 amide bonds. The lowest BCUT2D eigenvalue weighted by Crippen LogP contribution is -2.34. The highest BCUT2D eigenvalue weighted by Crippen LogP contribution is 2.60. The molecule has 0 radical (unpaired) electrons. The summed E-state index contributed by atoms with van der Waals surface area (Å²) in [4.78, 5) is 9.70. The summed E-state index contributed by atoms with van der Waals surface area (Å²) in [6, 6.07) is 47.3. The van der Waals surface area contributed by atoms with Crippen molar-refractivity contribution in [3.05, 3.63) is 198 Å². The minimum atomic E-state index is -0.511. The van der Waals surface area contributed by atoms with E-state index >= 15 is 0 Å². The molecule has 222 valence electrons. The molecule has 2 aliphatic rings. The summed E-state index contributed by atoms with van der Waals surface area (Å²) >= 11 is 0. The second-order valence-electron chi connectivity index (χ2n) is 12.2. The first-order valence-electron chi connectivity index (χ1n) is 16.0. The molecule has 3 nitrogen and oxygen atoms in total. The molecule has 0 saturated heterocycles. The highest BCUT2D eigenvalue weighted by atomic mass is 16.5. The standard InChI is InChI=1S/C44H30N2O/c1-2-3-14-38-41(28-29-19-21-30(22-20-29)39-26-25-32-24-23-31-11-10-27-45-42(31)43(32)46-39)47-40-18-9-8-17-37(40)44(38)35-15-6-4-12-33(35)34-13-5-7-16-36(34)44/h2-27H,1,28H2/b14-3-. The quantitative estimate of drug-likeness (QED) is 0.145. The number of fused-ring (bicyclic) bond motifs is 10. The molecule has 0 fully saturated rings. The summed E-state index contributed by atoms with van der Waals surface area (Å²) in [6.07, 6.45) is 8.54. The Hall–Kier alpha value is -6.06. The van der Waals surface area contributed by atoms with Crippen LogP contribution in [-0.2, 0) is 11.8 Å². The summed E-state index contributed by atoms with van der Waals surface area (Å²) in [7, 11) is 0. The van der Waals surface area contributed by atoms with Crippen molar-refractivity contribution in [3.63, 3.8) is 0 Å². The Morgan fingerprint density at radius 1 is 0.638 bits per heavy atom. The van der Waals surface area contributed by atoms with Gasteiger partial charge in [0.05, 0.1) is 22.1 Å². The van der Waals surface area contributed by atoms with Crippen LogP contribution >= 0.6 is 0 Å². The van der Waals surface area contributed by atoms with Crippen LogP contribution in [0, 0.1) is 0 Å². The fourth-order valence-corrected chi connectivity index (χ4v) is 7.60. The van der Waals surface area contributed by atoms with Crippen LogP contribution in [0.5, 0.6) is 5.75 Å². The van der Waals surface area contributed by atoms with Crippen molar-refractivity contribution in [1.29, 1.82) is 0 Å². The summed E-state index contributed by atoms with van der Waals surface area (Å²) in [5, 5.41) is 2.18. The molecule has 3 heterocycles. The van der Waals surface area contributed by atoms with Gasteiger partial charge in [0.25, 0.3) is 0 Å². The van der Waals surface area contributed by atoms with Gasteiger partial charge in [-0.15, -0.1) is 0 Å². The van der Waals surface area contributed by atoms with Gasteiger partial charge in [-0.25, -0.2) is 4.98 Å². The predicted molar refractivity (Wildman–Crippen MR) is 191 cm³/mol. The second kappa shape index (κ2) is 10.8. The molecule has 5 aromatic carbocycles. The molecule has 0 N–H and O–H groups in total. The number of nitrogens with zero attached hydrogens (tertiary/aromatic N) is 2. The Kier molecular flexibility index (Phi) is 6.26. The minimum absolute atomic E-state index is 0.511. The van der Waals surface area contributed by atoms with Crippen molar-refractivity contribution < 1.29 is 4.74 Å². The van der Waals surface area contributed by atoms with Crippen molar-refractivity contribution in [1.82, 2.24) is 9.97 Å². The molecule has 3 heteroatoms. The van der Waals surface area contributed by atoms with Crippen molar-refractivity contribution in [2.24, 2.45) is 0 Å². The number of hydrogen-bond acceptors (Lipinski definition) is 3. The number of allylic oxidation sites excluding steroid dienone is 5. The second-order valence-corrected chi connectivity index (χ2v) is 12.2. The van der Waals surface area contributed by atoms with Crippen LogP contribution in [0.15, 0.2) is 176 Å². The third kappa shape index (κ3) is 4.13. The van der Waals surface area contributed by atoms with E-state index in [9.17, 15) is 0 Å².